The number of hydrogen-bond acceptors (Lipinski definition) is 6. The molecular weight excluding hydrogens is 376 g/mol. The summed E-state index contributed by atoms with van der Waals surface area (Å²) >= 11 is 0. The lowest BCUT2D eigenvalue weighted by molar-refractivity contribution is -0.143. The standard InChI is InChI=1S/C17H26N2O7S/c1-11(2)10-15(17(22)23)19-14(16(20)21)8-9-18-27(24,25)13-6-4-12(26-3)5-7-13/h4-7,11,14-15,18-19H,8-10H2,1-3H3,(H,20,21)(H,22,23)/t14-,15-/m0/s1. The van der Waals surface area contributed by atoms with Gasteiger partial charge in [0.25, 0.3) is 0 Å². The van der Waals surface area contributed by atoms with E-state index in [1.807, 2.05) is 13.8 Å². The number of sulfonamides is 1. The van der Waals surface area contributed by atoms with Crippen LogP contribution in [-0.4, -0.2) is 56.3 Å². The van der Waals surface area contributed by atoms with E-state index < -0.39 is 34.0 Å². The van der Waals surface area contributed by atoms with Gasteiger partial charge in [-0.1, -0.05) is 13.8 Å². The molecule has 0 spiro atoms. The summed E-state index contributed by atoms with van der Waals surface area (Å²) in [6.07, 6.45) is 0.156. The van der Waals surface area contributed by atoms with Crippen molar-refractivity contribution in [2.75, 3.05) is 13.7 Å². The number of carboxylic acid groups (broad SMARTS) is 2. The molecule has 0 aliphatic heterocycles. The Balaban J connectivity index is 2.70. The zero-order chi connectivity index (χ0) is 20.6. The monoisotopic (exact) mass is 402 g/mol. The van der Waals surface area contributed by atoms with Crippen LogP contribution in [0.1, 0.15) is 26.7 Å². The van der Waals surface area contributed by atoms with E-state index in [1.165, 1.54) is 31.4 Å². The largest absolute Gasteiger partial charge is 0.497 e. The molecule has 4 N–H and O–H groups in total. The molecule has 0 unspecified atom stereocenters. The van der Waals surface area contributed by atoms with E-state index in [-0.39, 0.29) is 30.2 Å². The maximum atomic E-state index is 12.2. The van der Waals surface area contributed by atoms with Crippen molar-refractivity contribution in [3.63, 3.8) is 0 Å². The number of aliphatic carboxylic acids is 2. The number of rotatable bonds is 12. The highest BCUT2D eigenvalue weighted by atomic mass is 32.2. The molecular formula is C17H26N2O7S. The van der Waals surface area contributed by atoms with Gasteiger partial charge in [0, 0.05) is 6.54 Å². The number of nitrogens with one attached hydrogen (secondary N) is 2. The molecule has 0 aliphatic carbocycles. The second-order valence-corrected chi connectivity index (χ2v) is 8.21. The molecule has 0 saturated heterocycles. The number of ether oxygens (including phenoxy) is 1. The van der Waals surface area contributed by atoms with Gasteiger partial charge in [0.15, 0.2) is 0 Å². The number of carbonyl (C=O) groups is 2. The summed E-state index contributed by atoms with van der Waals surface area (Å²) < 4.78 is 31.8. The van der Waals surface area contributed by atoms with Gasteiger partial charge in [0.1, 0.15) is 17.8 Å². The lowest BCUT2D eigenvalue weighted by atomic mass is 10.0. The van der Waals surface area contributed by atoms with Crippen molar-refractivity contribution in [2.24, 2.45) is 5.92 Å². The number of methoxy groups -OCH3 is 1. The second kappa shape index (κ2) is 10.2. The van der Waals surface area contributed by atoms with Gasteiger partial charge >= 0.3 is 11.9 Å². The Morgan fingerprint density at radius 2 is 1.63 bits per heavy atom. The molecule has 0 aliphatic rings. The van der Waals surface area contributed by atoms with Crippen molar-refractivity contribution in [3.8, 4) is 5.75 Å². The third-order valence-electron chi connectivity index (χ3n) is 3.80. The summed E-state index contributed by atoms with van der Waals surface area (Å²) in [4.78, 5) is 22.7. The van der Waals surface area contributed by atoms with Crippen LogP contribution in [0.25, 0.3) is 0 Å². The van der Waals surface area contributed by atoms with Crippen LogP contribution in [0.15, 0.2) is 29.2 Å². The first-order valence-electron chi connectivity index (χ1n) is 8.42. The highest BCUT2D eigenvalue weighted by Gasteiger charge is 2.27. The first-order chi connectivity index (χ1) is 12.6. The summed E-state index contributed by atoms with van der Waals surface area (Å²) in [5, 5.41) is 21.1. The topological polar surface area (TPSA) is 142 Å². The van der Waals surface area contributed by atoms with E-state index in [0.717, 1.165) is 0 Å². The molecule has 1 aromatic rings. The van der Waals surface area contributed by atoms with Crippen LogP contribution in [0.2, 0.25) is 0 Å². The molecule has 10 heteroatoms. The first kappa shape index (κ1) is 22.9. The Morgan fingerprint density at radius 3 is 2.07 bits per heavy atom. The van der Waals surface area contributed by atoms with Gasteiger partial charge in [-0.25, -0.2) is 13.1 Å². The maximum absolute atomic E-state index is 12.2. The smallest absolute Gasteiger partial charge is 0.320 e. The molecule has 0 amide bonds. The third-order valence-corrected chi connectivity index (χ3v) is 5.28. The van der Waals surface area contributed by atoms with E-state index in [0.29, 0.717) is 5.75 Å². The van der Waals surface area contributed by atoms with Gasteiger partial charge in [-0.3, -0.25) is 14.9 Å². The average Bonchev–Trinajstić information content (AvgIpc) is 2.59. The van der Waals surface area contributed by atoms with Gasteiger partial charge in [0.05, 0.1) is 12.0 Å². The fraction of sp³-hybridized carbons (Fsp3) is 0.529. The van der Waals surface area contributed by atoms with E-state index in [1.54, 1.807) is 0 Å². The third kappa shape index (κ3) is 7.53. The minimum Gasteiger partial charge on any atom is -0.497 e. The number of carboxylic acids is 2. The van der Waals surface area contributed by atoms with E-state index in [4.69, 9.17) is 4.74 Å². The Morgan fingerprint density at radius 1 is 1.07 bits per heavy atom. The zero-order valence-corrected chi connectivity index (χ0v) is 16.3. The predicted octanol–water partition coefficient (Wildman–Crippen LogP) is 0.906. The molecule has 27 heavy (non-hydrogen) atoms. The highest BCUT2D eigenvalue weighted by Crippen LogP contribution is 2.15. The van der Waals surface area contributed by atoms with Crippen molar-refractivity contribution in [2.45, 2.75) is 43.7 Å². The fourth-order valence-corrected chi connectivity index (χ4v) is 3.46. The first-order valence-corrected chi connectivity index (χ1v) is 9.90. The molecule has 1 rings (SSSR count). The summed E-state index contributed by atoms with van der Waals surface area (Å²) in [5.74, 6) is -1.82. The predicted molar refractivity (Wildman–Crippen MR) is 98.2 cm³/mol. The minimum absolute atomic E-state index is 0.0198. The maximum Gasteiger partial charge on any atom is 0.320 e. The minimum atomic E-state index is -3.81. The van der Waals surface area contributed by atoms with E-state index in [9.17, 15) is 28.2 Å². The molecule has 0 saturated carbocycles. The Labute approximate surface area is 158 Å². The Kier molecular flexibility index (Phi) is 8.67. The van der Waals surface area contributed by atoms with Crippen molar-refractivity contribution < 1.29 is 33.0 Å². The van der Waals surface area contributed by atoms with E-state index in [2.05, 4.69) is 10.0 Å². The van der Waals surface area contributed by atoms with Crippen LogP contribution in [0.4, 0.5) is 0 Å². The van der Waals surface area contributed by atoms with Gasteiger partial charge in [-0.05, 0) is 43.0 Å². The van der Waals surface area contributed by atoms with Crippen molar-refractivity contribution in [1.29, 1.82) is 0 Å². The summed E-state index contributed by atoms with van der Waals surface area (Å²) in [5.41, 5.74) is 0. The van der Waals surface area contributed by atoms with Gasteiger partial charge in [0.2, 0.25) is 10.0 Å². The van der Waals surface area contributed by atoms with E-state index >= 15 is 0 Å². The molecule has 152 valence electrons. The van der Waals surface area contributed by atoms with Crippen LogP contribution in [0, 0.1) is 5.92 Å². The average molecular weight is 402 g/mol. The number of hydrogen-bond donors (Lipinski definition) is 4. The van der Waals surface area contributed by atoms with Crippen LogP contribution < -0.4 is 14.8 Å². The van der Waals surface area contributed by atoms with Crippen LogP contribution in [0.3, 0.4) is 0 Å². The molecule has 0 fully saturated rings. The molecule has 0 radical (unpaired) electrons. The molecule has 2 atom stereocenters. The zero-order valence-electron chi connectivity index (χ0n) is 15.5. The Bertz CT molecular complexity index is 732. The SMILES string of the molecule is COc1ccc(S(=O)(=O)NCC[C@H](N[C@@H](CC(C)C)C(=O)O)C(=O)O)cc1. The normalized spacial score (nSPS) is 13.9. The number of benzene rings is 1. The second-order valence-electron chi connectivity index (χ2n) is 6.44. The lowest BCUT2D eigenvalue weighted by Gasteiger charge is -2.21. The molecule has 0 heterocycles. The van der Waals surface area contributed by atoms with Crippen molar-refractivity contribution in [3.05, 3.63) is 24.3 Å². The van der Waals surface area contributed by atoms with Gasteiger partial charge < -0.3 is 14.9 Å². The van der Waals surface area contributed by atoms with Crippen molar-refractivity contribution in [1.82, 2.24) is 10.0 Å². The Hall–Kier alpha value is -2.17. The van der Waals surface area contributed by atoms with Gasteiger partial charge in [-0.15, -0.1) is 0 Å². The van der Waals surface area contributed by atoms with Gasteiger partial charge in [-0.2, -0.15) is 0 Å². The summed E-state index contributed by atoms with van der Waals surface area (Å²) in [6.45, 7) is 3.50. The fourth-order valence-electron chi connectivity index (χ4n) is 2.41. The summed E-state index contributed by atoms with van der Waals surface area (Å²) in [7, 11) is -2.35. The summed E-state index contributed by atoms with van der Waals surface area (Å²) in [6, 6.07) is 3.53. The van der Waals surface area contributed by atoms with Crippen LogP contribution in [-0.2, 0) is 19.6 Å². The highest BCUT2D eigenvalue weighted by molar-refractivity contribution is 7.89. The molecule has 0 bridgehead atoms. The van der Waals surface area contributed by atoms with Crippen LogP contribution >= 0.6 is 0 Å². The quantitative estimate of drug-likeness (QED) is 0.404. The van der Waals surface area contributed by atoms with Crippen molar-refractivity contribution >= 4 is 22.0 Å². The molecule has 9 nitrogen and oxygen atoms in total. The molecule has 0 aromatic heterocycles. The molecule has 1 aromatic carbocycles. The van der Waals surface area contributed by atoms with Crippen LogP contribution in [0.5, 0.6) is 5.75 Å². The lowest BCUT2D eigenvalue weighted by Crippen LogP contribution is -2.48.